The fourth-order valence-corrected chi connectivity index (χ4v) is 3.74. The lowest BCUT2D eigenvalue weighted by atomic mass is 9.96. The summed E-state index contributed by atoms with van der Waals surface area (Å²) >= 11 is 0. The van der Waals surface area contributed by atoms with E-state index < -0.39 is 0 Å². The minimum Gasteiger partial charge on any atom is -0.330 e. The second-order valence-corrected chi connectivity index (χ2v) is 7.25. The number of nitrogens with zero attached hydrogens (tertiary/aromatic N) is 1. The molecule has 1 aromatic carbocycles. The summed E-state index contributed by atoms with van der Waals surface area (Å²) in [6, 6.07) is 10.3. The van der Waals surface area contributed by atoms with Crippen LogP contribution in [0.3, 0.4) is 0 Å². The van der Waals surface area contributed by atoms with Crippen molar-refractivity contribution in [1.29, 1.82) is 0 Å². The van der Waals surface area contributed by atoms with Crippen LogP contribution in [0.1, 0.15) is 38.7 Å². The van der Waals surface area contributed by atoms with Crippen LogP contribution in [0.25, 0.3) is 0 Å². The molecule has 1 heterocycles. The van der Waals surface area contributed by atoms with Crippen LogP contribution in [0.15, 0.2) is 30.3 Å². The van der Waals surface area contributed by atoms with Gasteiger partial charge in [0.2, 0.25) is 5.91 Å². The summed E-state index contributed by atoms with van der Waals surface area (Å²) in [5.41, 5.74) is 7.53. The van der Waals surface area contributed by atoms with E-state index in [1.807, 2.05) is 35.2 Å². The largest absolute Gasteiger partial charge is 0.330 e. The van der Waals surface area contributed by atoms with Gasteiger partial charge in [-0.1, -0.05) is 50.3 Å². The van der Waals surface area contributed by atoms with Crippen molar-refractivity contribution < 1.29 is 4.79 Å². The highest BCUT2D eigenvalue weighted by atomic mass is 16.2. The van der Waals surface area contributed by atoms with Gasteiger partial charge in [0.1, 0.15) is 6.04 Å². The second kappa shape index (κ2) is 7.83. The van der Waals surface area contributed by atoms with Crippen LogP contribution in [-0.2, 0) is 4.79 Å². The molecule has 4 nitrogen and oxygen atoms in total. The molecule has 24 heavy (non-hydrogen) atoms. The first-order valence-corrected chi connectivity index (χ1v) is 8.99. The molecule has 3 unspecified atom stereocenters. The van der Waals surface area contributed by atoms with Crippen molar-refractivity contribution in [2.45, 2.75) is 45.2 Å². The molecule has 1 saturated heterocycles. The highest BCUT2D eigenvalue weighted by Gasteiger charge is 2.43. The van der Waals surface area contributed by atoms with Crippen LogP contribution in [0.4, 0.5) is 0 Å². The van der Waals surface area contributed by atoms with Gasteiger partial charge in [-0.2, -0.15) is 0 Å². The topological polar surface area (TPSA) is 44.4 Å². The number of nitrogens with one attached hydrogen (secondary N) is 2. The van der Waals surface area contributed by atoms with Gasteiger partial charge < -0.3 is 4.90 Å². The molecule has 3 rings (SSSR count). The predicted octanol–water partition coefficient (Wildman–Crippen LogP) is 2.17. The quantitative estimate of drug-likeness (QED) is 0.834. The molecule has 0 spiro atoms. The number of hydrogen-bond acceptors (Lipinski definition) is 3. The standard InChI is InChI=1S/C20H27N3O/c1-15(2)14-23(13-7-10-16-8-4-3-5-9-16)20(24)19-17-11-6-12-18(17)21-22-19/h3-5,8-9,15,17-19,21-22H,6,11-14H2,1-2H3. The molecule has 0 bridgehead atoms. The number of carbonyl (C=O) groups is 1. The highest BCUT2D eigenvalue weighted by Crippen LogP contribution is 2.32. The molecule has 0 radical (unpaired) electrons. The third-order valence-electron chi connectivity index (χ3n) is 4.86. The average Bonchev–Trinajstić information content (AvgIpc) is 3.17. The van der Waals surface area contributed by atoms with E-state index in [-0.39, 0.29) is 11.9 Å². The third kappa shape index (κ3) is 3.98. The number of carbonyl (C=O) groups excluding carboxylic acids is 1. The molecule has 1 aromatic rings. The van der Waals surface area contributed by atoms with Gasteiger partial charge in [-0.15, -0.1) is 0 Å². The molecular formula is C20H27N3O. The Kier molecular flexibility index (Phi) is 5.55. The van der Waals surface area contributed by atoms with Crippen molar-refractivity contribution in [1.82, 2.24) is 15.8 Å². The SMILES string of the molecule is CC(C)CN(CC#Cc1ccccc1)C(=O)C1NNC2CCCC21. The molecule has 0 aromatic heterocycles. The van der Waals surface area contributed by atoms with Crippen molar-refractivity contribution in [3.05, 3.63) is 35.9 Å². The van der Waals surface area contributed by atoms with E-state index in [1.54, 1.807) is 0 Å². The van der Waals surface area contributed by atoms with E-state index in [2.05, 4.69) is 36.5 Å². The van der Waals surface area contributed by atoms with Crippen LogP contribution in [-0.4, -0.2) is 36.0 Å². The lowest BCUT2D eigenvalue weighted by Crippen LogP contribution is -2.49. The van der Waals surface area contributed by atoms with Crippen molar-refractivity contribution in [3.63, 3.8) is 0 Å². The third-order valence-corrected chi connectivity index (χ3v) is 4.86. The van der Waals surface area contributed by atoms with Crippen LogP contribution in [0.2, 0.25) is 0 Å². The van der Waals surface area contributed by atoms with E-state index >= 15 is 0 Å². The van der Waals surface area contributed by atoms with E-state index in [0.29, 0.717) is 24.4 Å². The first-order valence-electron chi connectivity index (χ1n) is 8.99. The summed E-state index contributed by atoms with van der Waals surface area (Å²) in [7, 11) is 0. The first kappa shape index (κ1) is 17.0. The van der Waals surface area contributed by atoms with Crippen molar-refractivity contribution in [3.8, 4) is 11.8 Å². The zero-order chi connectivity index (χ0) is 16.9. The highest BCUT2D eigenvalue weighted by molar-refractivity contribution is 5.83. The zero-order valence-electron chi connectivity index (χ0n) is 14.6. The summed E-state index contributed by atoms with van der Waals surface area (Å²) in [6.07, 6.45) is 3.51. The van der Waals surface area contributed by atoms with Crippen LogP contribution in [0, 0.1) is 23.7 Å². The minimum absolute atomic E-state index is 0.102. The molecule has 1 saturated carbocycles. The van der Waals surface area contributed by atoms with Crippen LogP contribution in [0.5, 0.6) is 0 Å². The fourth-order valence-electron chi connectivity index (χ4n) is 3.74. The van der Waals surface area contributed by atoms with Crippen LogP contribution < -0.4 is 10.9 Å². The Morgan fingerprint density at radius 2 is 2.04 bits per heavy atom. The normalized spacial score (nSPS) is 25.2. The number of amides is 1. The molecule has 3 atom stereocenters. The Bertz CT molecular complexity index is 617. The lowest BCUT2D eigenvalue weighted by molar-refractivity contribution is -0.134. The van der Waals surface area contributed by atoms with Gasteiger partial charge in [0.25, 0.3) is 0 Å². The molecule has 2 N–H and O–H groups in total. The smallest absolute Gasteiger partial charge is 0.242 e. The Morgan fingerprint density at radius 1 is 1.25 bits per heavy atom. The van der Waals surface area contributed by atoms with Gasteiger partial charge in [-0.25, -0.2) is 5.43 Å². The molecule has 2 fully saturated rings. The number of hydrogen-bond donors (Lipinski definition) is 2. The average molecular weight is 325 g/mol. The Balaban J connectivity index is 1.67. The Labute approximate surface area is 145 Å². The van der Waals surface area contributed by atoms with Gasteiger partial charge in [0.15, 0.2) is 0 Å². The fraction of sp³-hybridized carbons (Fsp3) is 0.550. The summed E-state index contributed by atoms with van der Waals surface area (Å²) < 4.78 is 0. The molecule has 2 aliphatic rings. The van der Waals surface area contributed by atoms with Gasteiger partial charge in [-0.05, 0) is 30.9 Å². The van der Waals surface area contributed by atoms with Gasteiger partial charge >= 0.3 is 0 Å². The summed E-state index contributed by atoms with van der Waals surface area (Å²) in [5, 5.41) is 0. The van der Waals surface area contributed by atoms with E-state index in [0.717, 1.165) is 18.5 Å². The lowest BCUT2D eigenvalue weighted by Gasteiger charge is -2.27. The maximum Gasteiger partial charge on any atom is 0.242 e. The van der Waals surface area contributed by atoms with Crippen molar-refractivity contribution in [2.24, 2.45) is 11.8 Å². The van der Waals surface area contributed by atoms with Crippen molar-refractivity contribution >= 4 is 5.91 Å². The van der Waals surface area contributed by atoms with Crippen LogP contribution >= 0.6 is 0 Å². The predicted molar refractivity (Wildman–Crippen MR) is 95.9 cm³/mol. The Morgan fingerprint density at radius 3 is 2.79 bits per heavy atom. The molecule has 4 heteroatoms. The maximum atomic E-state index is 13.0. The number of hydrazine groups is 1. The molecule has 1 amide bonds. The summed E-state index contributed by atoms with van der Waals surface area (Å²) in [4.78, 5) is 14.9. The molecule has 128 valence electrons. The summed E-state index contributed by atoms with van der Waals surface area (Å²) in [5.74, 6) is 7.38. The minimum atomic E-state index is -0.102. The summed E-state index contributed by atoms with van der Waals surface area (Å²) in [6.45, 7) is 5.52. The monoisotopic (exact) mass is 325 g/mol. The van der Waals surface area contributed by atoms with Crippen molar-refractivity contribution in [2.75, 3.05) is 13.1 Å². The molecule has 1 aliphatic carbocycles. The van der Waals surface area contributed by atoms with Gasteiger partial charge in [0.05, 0.1) is 6.54 Å². The van der Waals surface area contributed by atoms with Gasteiger partial charge in [0, 0.05) is 24.1 Å². The number of benzene rings is 1. The van der Waals surface area contributed by atoms with E-state index in [9.17, 15) is 4.79 Å². The van der Waals surface area contributed by atoms with E-state index in [4.69, 9.17) is 0 Å². The van der Waals surface area contributed by atoms with Gasteiger partial charge in [-0.3, -0.25) is 10.2 Å². The first-order chi connectivity index (χ1) is 11.6. The maximum absolute atomic E-state index is 13.0. The Hall–Kier alpha value is -1.83. The zero-order valence-corrected chi connectivity index (χ0v) is 14.6. The van der Waals surface area contributed by atoms with E-state index in [1.165, 1.54) is 12.8 Å². The second-order valence-electron chi connectivity index (χ2n) is 7.25. The molecule has 1 aliphatic heterocycles. The number of rotatable bonds is 4. The number of fused-ring (bicyclic) bond motifs is 1. The molecular weight excluding hydrogens is 298 g/mol.